The summed E-state index contributed by atoms with van der Waals surface area (Å²) < 4.78 is 0.979. The van der Waals surface area contributed by atoms with E-state index >= 15 is 0 Å². The van der Waals surface area contributed by atoms with Gasteiger partial charge in [0.1, 0.15) is 0 Å². The van der Waals surface area contributed by atoms with Crippen molar-refractivity contribution in [1.29, 1.82) is 0 Å². The van der Waals surface area contributed by atoms with Crippen molar-refractivity contribution >= 4 is 38.4 Å². The summed E-state index contributed by atoms with van der Waals surface area (Å²) in [5.74, 6) is 0. The Hall–Kier alpha value is -1.42. The van der Waals surface area contributed by atoms with Crippen LogP contribution >= 0.6 is 27.5 Å². The quantitative estimate of drug-likeness (QED) is 0.713. The van der Waals surface area contributed by atoms with Gasteiger partial charge in [-0.25, -0.2) is 0 Å². The SMILES string of the molecule is CNC(c1cc(Cl)cc(Br)c1)c1ccc2ncccc2c1. The molecule has 0 bridgehead atoms. The number of nitrogens with one attached hydrogen (secondary N) is 1. The summed E-state index contributed by atoms with van der Waals surface area (Å²) in [7, 11) is 1.95. The number of aromatic nitrogens is 1. The Labute approximate surface area is 137 Å². The average molecular weight is 362 g/mol. The maximum atomic E-state index is 6.17. The van der Waals surface area contributed by atoms with Crippen molar-refractivity contribution in [3.05, 3.63) is 75.4 Å². The average Bonchev–Trinajstić information content (AvgIpc) is 2.47. The molecule has 0 spiro atoms. The van der Waals surface area contributed by atoms with E-state index < -0.39 is 0 Å². The Bertz CT molecular complexity index is 768. The van der Waals surface area contributed by atoms with Crippen LogP contribution in [0.1, 0.15) is 17.2 Å². The largest absolute Gasteiger partial charge is 0.309 e. The first-order valence-corrected chi connectivity index (χ1v) is 7.82. The first-order valence-electron chi connectivity index (χ1n) is 6.65. The molecule has 4 heteroatoms. The van der Waals surface area contributed by atoms with Crippen molar-refractivity contribution in [3.63, 3.8) is 0 Å². The van der Waals surface area contributed by atoms with Crippen molar-refractivity contribution in [2.45, 2.75) is 6.04 Å². The second-order valence-electron chi connectivity index (χ2n) is 4.88. The lowest BCUT2D eigenvalue weighted by Gasteiger charge is -2.18. The number of pyridine rings is 1. The van der Waals surface area contributed by atoms with Crippen LogP contribution in [0.3, 0.4) is 0 Å². The topological polar surface area (TPSA) is 24.9 Å². The van der Waals surface area contributed by atoms with E-state index in [1.807, 2.05) is 31.4 Å². The highest BCUT2D eigenvalue weighted by atomic mass is 79.9. The summed E-state index contributed by atoms with van der Waals surface area (Å²) in [4.78, 5) is 4.36. The van der Waals surface area contributed by atoms with Crippen LogP contribution in [-0.2, 0) is 0 Å². The van der Waals surface area contributed by atoms with Crippen LogP contribution in [0.25, 0.3) is 10.9 Å². The van der Waals surface area contributed by atoms with Gasteiger partial charge < -0.3 is 5.32 Å². The molecule has 1 aromatic heterocycles. The van der Waals surface area contributed by atoms with E-state index in [-0.39, 0.29) is 6.04 Å². The van der Waals surface area contributed by atoms with Gasteiger partial charge >= 0.3 is 0 Å². The number of fused-ring (bicyclic) bond motifs is 1. The Morgan fingerprint density at radius 3 is 2.71 bits per heavy atom. The molecule has 3 rings (SSSR count). The fraction of sp³-hybridized carbons (Fsp3) is 0.118. The molecule has 1 atom stereocenters. The fourth-order valence-electron chi connectivity index (χ4n) is 2.54. The van der Waals surface area contributed by atoms with Gasteiger partial charge in [-0.3, -0.25) is 4.98 Å². The molecule has 0 saturated heterocycles. The molecule has 0 aliphatic carbocycles. The normalized spacial score (nSPS) is 12.5. The van der Waals surface area contributed by atoms with E-state index in [1.165, 1.54) is 5.56 Å². The zero-order valence-electron chi connectivity index (χ0n) is 11.5. The molecule has 0 amide bonds. The van der Waals surface area contributed by atoms with Gasteiger partial charge in [-0.2, -0.15) is 0 Å². The highest BCUT2D eigenvalue weighted by Crippen LogP contribution is 2.29. The van der Waals surface area contributed by atoms with E-state index in [1.54, 1.807) is 0 Å². The van der Waals surface area contributed by atoms with E-state index in [9.17, 15) is 0 Å². The number of halogens is 2. The summed E-state index contributed by atoms with van der Waals surface area (Å²) in [5.41, 5.74) is 3.32. The van der Waals surface area contributed by atoms with Crippen LogP contribution < -0.4 is 5.32 Å². The van der Waals surface area contributed by atoms with Crippen molar-refractivity contribution in [2.24, 2.45) is 0 Å². The van der Waals surface area contributed by atoms with Crippen LogP contribution in [0.5, 0.6) is 0 Å². The molecule has 1 heterocycles. The highest BCUT2D eigenvalue weighted by Gasteiger charge is 2.13. The molecule has 1 unspecified atom stereocenters. The predicted octanol–water partition coefficient (Wildman–Crippen LogP) is 4.96. The number of hydrogen-bond donors (Lipinski definition) is 1. The summed E-state index contributed by atoms with van der Waals surface area (Å²) >= 11 is 9.67. The standard InChI is InChI=1S/C17H14BrClN2/c1-20-17(13-8-14(18)10-15(19)9-13)12-4-5-16-11(7-12)3-2-6-21-16/h2-10,17,20H,1H3. The van der Waals surface area contributed by atoms with Gasteiger partial charge in [0, 0.05) is 21.1 Å². The van der Waals surface area contributed by atoms with Gasteiger partial charge in [-0.15, -0.1) is 0 Å². The lowest BCUT2D eigenvalue weighted by molar-refractivity contribution is 0.692. The first kappa shape index (κ1) is 14.5. The van der Waals surface area contributed by atoms with Gasteiger partial charge in [-0.1, -0.05) is 39.7 Å². The molecule has 0 saturated carbocycles. The second-order valence-corrected chi connectivity index (χ2v) is 6.23. The number of rotatable bonds is 3. The van der Waals surface area contributed by atoms with Crippen molar-refractivity contribution in [1.82, 2.24) is 10.3 Å². The highest BCUT2D eigenvalue weighted by molar-refractivity contribution is 9.10. The third kappa shape index (κ3) is 3.10. The lowest BCUT2D eigenvalue weighted by atomic mass is 9.97. The molecule has 0 fully saturated rings. The van der Waals surface area contributed by atoms with Crippen LogP contribution in [0.2, 0.25) is 5.02 Å². The third-order valence-corrected chi connectivity index (χ3v) is 4.14. The van der Waals surface area contributed by atoms with Gasteiger partial charge in [0.15, 0.2) is 0 Å². The molecule has 0 aliphatic heterocycles. The van der Waals surface area contributed by atoms with Gasteiger partial charge in [0.25, 0.3) is 0 Å². The van der Waals surface area contributed by atoms with Crippen molar-refractivity contribution in [2.75, 3.05) is 7.05 Å². The van der Waals surface area contributed by atoms with E-state index in [0.29, 0.717) is 0 Å². The third-order valence-electron chi connectivity index (χ3n) is 3.47. The molecule has 2 nitrogen and oxygen atoms in total. The predicted molar refractivity (Wildman–Crippen MR) is 91.8 cm³/mol. The smallest absolute Gasteiger partial charge is 0.0702 e. The fourth-order valence-corrected chi connectivity index (χ4v) is 3.43. The van der Waals surface area contributed by atoms with Crippen LogP contribution in [0, 0.1) is 0 Å². The Balaban J connectivity index is 2.08. The number of hydrogen-bond acceptors (Lipinski definition) is 2. The molecule has 0 aliphatic rings. The molecule has 0 radical (unpaired) electrons. The molecular weight excluding hydrogens is 348 g/mol. The summed E-state index contributed by atoms with van der Waals surface area (Å²) in [6, 6.07) is 16.4. The lowest BCUT2D eigenvalue weighted by Crippen LogP contribution is -2.17. The summed E-state index contributed by atoms with van der Waals surface area (Å²) in [6.45, 7) is 0. The second kappa shape index (κ2) is 6.14. The minimum Gasteiger partial charge on any atom is -0.309 e. The molecule has 2 aromatic carbocycles. The van der Waals surface area contributed by atoms with Crippen LogP contribution in [0.15, 0.2) is 59.2 Å². The zero-order chi connectivity index (χ0) is 14.8. The molecule has 21 heavy (non-hydrogen) atoms. The number of benzene rings is 2. The Morgan fingerprint density at radius 2 is 1.95 bits per heavy atom. The summed E-state index contributed by atoms with van der Waals surface area (Å²) in [5, 5.41) is 5.21. The Kier molecular flexibility index (Phi) is 4.24. The maximum Gasteiger partial charge on any atom is 0.0702 e. The zero-order valence-corrected chi connectivity index (χ0v) is 13.8. The molecule has 1 N–H and O–H groups in total. The molecule has 3 aromatic rings. The van der Waals surface area contributed by atoms with Gasteiger partial charge in [0.2, 0.25) is 0 Å². The molecule has 106 valence electrons. The molecular formula is C17H14BrClN2. The van der Waals surface area contributed by atoms with Gasteiger partial charge in [0.05, 0.1) is 11.6 Å². The van der Waals surface area contributed by atoms with Crippen LogP contribution in [0.4, 0.5) is 0 Å². The Morgan fingerprint density at radius 1 is 1.10 bits per heavy atom. The van der Waals surface area contributed by atoms with E-state index in [4.69, 9.17) is 11.6 Å². The van der Waals surface area contributed by atoms with E-state index in [2.05, 4.69) is 56.6 Å². The minimum atomic E-state index is 0.0876. The number of nitrogens with zero attached hydrogens (tertiary/aromatic N) is 1. The maximum absolute atomic E-state index is 6.17. The monoisotopic (exact) mass is 360 g/mol. The summed E-state index contributed by atoms with van der Waals surface area (Å²) in [6.07, 6.45) is 1.81. The van der Waals surface area contributed by atoms with Crippen molar-refractivity contribution in [3.8, 4) is 0 Å². The van der Waals surface area contributed by atoms with Gasteiger partial charge in [-0.05, 0) is 54.6 Å². The first-order chi connectivity index (χ1) is 10.2. The van der Waals surface area contributed by atoms with Crippen molar-refractivity contribution < 1.29 is 0 Å². The van der Waals surface area contributed by atoms with E-state index in [0.717, 1.165) is 26.0 Å². The minimum absolute atomic E-state index is 0.0876. The van der Waals surface area contributed by atoms with Crippen LogP contribution in [-0.4, -0.2) is 12.0 Å².